The fourth-order valence-corrected chi connectivity index (χ4v) is 2.41. The van der Waals surface area contributed by atoms with Gasteiger partial charge in [0.05, 0.1) is 0 Å². The molecule has 0 amide bonds. The van der Waals surface area contributed by atoms with Crippen molar-refractivity contribution >= 4 is 0 Å². The summed E-state index contributed by atoms with van der Waals surface area (Å²) in [4.78, 5) is 0. The van der Waals surface area contributed by atoms with E-state index in [2.05, 4.69) is 10.6 Å². The Balaban J connectivity index is 1.83. The van der Waals surface area contributed by atoms with E-state index in [1.165, 1.54) is 12.8 Å². The van der Waals surface area contributed by atoms with Gasteiger partial charge >= 0.3 is 0 Å². The molecule has 3 atom stereocenters. The fourth-order valence-electron chi connectivity index (χ4n) is 2.41. The van der Waals surface area contributed by atoms with E-state index in [9.17, 15) is 4.39 Å². The maximum Gasteiger partial charge on any atom is 0.131 e. The summed E-state index contributed by atoms with van der Waals surface area (Å²) in [6.45, 7) is 2.00. The molecular formula is C10H19FN2. The van der Waals surface area contributed by atoms with Crippen LogP contribution < -0.4 is 10.6 Å². The molecule has 0 aromatic rings. The van der Waals surface area contributed by atoms with Crippen molar-refractivity contribution in [2.75, 3.05) is 13.1 Å². The van der Waals surface area contributed by atoms with Gasteiger partial charge in [-0.15, -0.1) is 0 Å². The monoisotopic (exact) mass is 186 g/mol. The summed E-state index contributed by atoms with van der Waals surface area (Å²) >= 11 is 0. The van der Waals surface area contributed by atoms with Gasteiger partial charge in [-0.3, -0.25) is 0 Å². The average Bonchev–Trinajstić information content (AvgIpc) is 2.71. The molecule has 0 radical (unpaired) electrons. The predicted molar refractivity (Wildman–Crippen MR) is 51.6 cm³/mol. The normalized spacial score (nSPS) is 37.6. The van der Waals surface area contributed by atoms with Crippen LogP contribution in [0.2, 0.25) is 0 Å². The first-order valence-electron chi connectivity index (χ1n) is 5.49. The van der Waals surface area contributed by atoms with E-state index >= 15 is 0 Å². The zero-order valence-electron chi connectivity index (χ0n) is 8.06. The number of alkyl halides is 1. The summed E-state index contributed by atoms with van der Waals surface area (Å²) in [7, 11) is 0. The second-order valence-corrected chi connectivity index (χ2v) is 4.20. The lowest BCUT2D eigenvalue weighted by Gasteiger charge is -2.29. The van der Waals surface area contributed by atoms with Gasteiger partial charge in [0.15, 0.2) is 0 Å². The lowest BCUT2D eigenvalue weighted by atomic mass is 9.95. The molecule has 2 aliphatic rings. The summed E-state index contributed by atoms with van der Waals surface area (Å²) in [5.41, 5.74) is 0. The molecule has 2 saturated heterocycles. The summed E-state index contributed by atoms with van der Waals surface area (Å²) in [5, 5.41) is 6.52. The van der Waals surface area contributed by atoms with E-state index in [0.717, 1.165) is 32.4 Å². The minimum absolute atomic E-state index is 0.115. The van der Waals surface area contributed by atoms with Crippen LogP contribution in [0.3, 0.4) is 0 Å². The van der Waals surface area contributed by atoms with Gasteiger partial charge < -0.3 is 10.6 Å². The number of nitrogens with one attached hydrogen (secondary N) is 2. The highest BCUT2D eigenvalue weighted by Gasteiger charge is 2.31. The number of hydrogen-bond acceptors (Lipinski definition) is 2. The van der Waals surface area contributed by atoms with Crippen molar-refractivity contribution in [3.63, 3.8) is 0 Å². The second kappa shape index (κ2) is 4.38. The molecule has 2 heterocycles. The van der Waals surface area contributed by atoms with Crippen molar-refractivity contribution in [3.05, 3.63) is 0 Å². The molecule has 3 unspecified atom stereocenters. The van der Waals surface area contributed by atoms with Crippen LogP contribution in [0.15, 0.2) is 0 Å². The fraction of sp³-hybridized carbons (Fsp3) is 1.00. The van der Waals surface area contributed by atoms with Crippen LogP contribution in [-0.2, 0) is 0 Å². The molecule has 0 aromatic heterocycles. The Kier molecular flexibility index (Phi) is 3.17. The van der Waals surface area contributed by atoms with Crippen molar-refractivity contribution in [1.29, 1.82) is 0 Å². The van der Waals surface area contributed by atoms with Crippen LogP contribution in [0.5, 0.6) is 0 Å². The minimum Gasteiger partial charge on any atom is -0.311 e. The average molecular weight is 186 g/mol. The molecule has 0 bridgehead atoms. The number of halogens is 1. The molecule has 2 nitrogen and oxygen atoms in total. The number of rotatable bonds is 2. The van der Waals surface area contributed by atoms with Crippen LogP contribution >= 0.6 is 0 Å². The zero-order chi connectivity index (χ0) is 9.10. The predicted octanol–water partition coefficient (Wildman–Crippen LogP) is 1.22. The Bertz CT molecular complexity index is 151. The summed E-state index contributed by atoms with van der Waals surface area (Å²) < 4.78 is 13.9. The Morgan fingerprint density at radius 2 is 1.54 bits per heavy atom. The van der Waals surface area contributed by atoms with Crippen LogP contribution in [0.1, 0.15) is 32.1 Å². The van der Waals surface area contributed by atoms with Gasteiger partial charge in [-0.2, -0.15) is 0 Å². The zero-order valence-corrected chi connectivity index (χ0v) is 8.06. The van der Waals surface area contributed by atoms with E-state index in [4.69, 9.17) is 0 Å². The van der Waals surface area contributed by atoms with Gasteiger partial charge in [-0.1, -0.05) is 6.42 Å². The van der Waals surface area contributed by atoms with Crippen molar-refractivity contribution in [2.45, 2.75) is 50.4 Å². The molecule has 3 heteroatoms. The molecule has 13 heavy (non-hydrogen) atoms. The van der Waals surface area contributed by atoms with Crippen LogP contribution in [0.25, 0.3) is 0 Å². The third kappa shape index (κ3) is 2.20. The quantitative estimate of drug-likeness (QED) is 0.677. The molecule has 0 aromatic carbocycles. The van der Waals surface area contributed by atoms with Gasteiger partial charge in [-0.05, 0) is 38.8 Å². The highest BCUT2D eigenvalue weighted by atomic mass is 19.1. The Labute approximate surface area is 79.3 Å². The Morgan fingerprint density at radius 1 is 0.923 bits per heavy atom. The molecule has 2 rings (SSSR count). The van der Waals surface area contributed by atoms with E-state index < -0.39 is 6.17 Å². The Morgan fingerprint density at radius 3 is 2.08 bits per heavy atom. The molecule has 0 spiro atoms. The first-order valence-corrected chi connectivity index (χ1v) is 5.49. The first kappa shape index (κ1) is 9.41. The first-order chi connectivity index (χ1) is 6.38. The third-order valence-corrected chi connectivity index (χ3v) is 3.22. The molecule has 2 fully saturated rings. The van der Waals surface area contributed by atoms with Crippen molar-refractivity contribution in [3.8, 4) is 0 Å². The summed E-state index contributed by atoms with van der Waals surface area (Å²) in [5.74, 6) is 0. The smallest absolute Gasteiger partial charge is 0.131 e. The van der Waals surface area contributed by atoms with Gasteiger partial charge in [-0.25, -0.2) is 4.39 Å². The molecule has 0 saturated carbocycles. The molecular weight excluding hydrogens is 167 g/mol. The van der Waals surface area contributed by atoms with E-state index in [1.54, 1.807) is 0 Å². The molecule has 76 valence electrons. The largest absolute Gasteiger partial charge is 0.311 e. The summed E-state index contributed by atoms with van der Waals surface area (Å²) in [6, 6.07) is 0.236. The van der Waals surface area contributed by atoms with Crippen LogP contribution in [0, 0.1) is 0 Å². The SMILES string of the molecule is FC(C1CCCCN1)C1CCCN1. The Hall–Kier alpha value is -0.150. The van der Waals surface area contributed by atoms with Gasteiger partial charge in [0.2, 0.25) is 0 Å². The number of piperidine rings is 1. The van der Waals surface area contributed by atoms with Crippen molar-refractivity contribution < 1.29 is 4.39 Å². The molecule has 2 N–H and O–H groups in total. The van der Waals surface area contributed by atoms with Crippen molar-refractivity contribution in [2.24, 2.45) is 0 Å². The van der Waals surface area contributed by atoms with E-state index in [1.807, 2.05) is 0 Å². The number of hydrogen-bond donors (Lipinski definition) is 2. The van der Waals surface area contributed by atoms with Crippen LogP contribution in [0.4, 0.5) is 4.39 Å². The van der Waals surface area contributed by atoms with Crippen LogP contribution in [-0.4, -0.2) is 31.3 Å². The second-order valence-electron chi connectivity index (χ2n) is 4.20. The third-order valence-electron chi connectivity index (χ3n) is 3.22. The standard InChI is InChI=1S/C10H19FN2/c11-10(9-5-3-7-13-9)8-4-1-2-6-12-8/h8-10,12-13H,1-7H2. The lowest BCUT2D eigenvalue weighted by molar-refractivity contribution is 0.177. The maximum absolute atomic E-state index is 13.9. The highest BCUT2D eigenvalue weighted by molar-refractivity contribution is 4.90. The maximum atomic E-state index is 13.9. The van der Waals surface area contributed by atoms with Gasteiger partial charge in [0, 0.05) is 12.1 Å². The molecule has 0 aliphatic carbocycles. The lowest BCUT2D eigenvalue weighted by Crippen LogP contribution is -2.48. The van der Waals surface area contributed by atoms with Gasteiger partial charge in [0.25, 0.3) is 0 Å². The minimum atomic E-state index is -0.678. The van der Waals surface area contributed by atoms with E-state index in [0.29, 0.717) is 0 Å². The highest BCUT2D eigenvalue weighted by Crippen LogP contribution is 2.20. The summed E-state index contributed by atoms with van der Waals surface area (Å²) in [6.07, 6.45) is 4.88. The van der Waals surface area contributed by atoms with Crippen molar-refractivity contribution in [1.82, 2.24) is 10.6 Å². The topological polar surface area (TPSA) is 24.1 Å². The van der Waals surface area contributed by atoms with Gasteiger partial charge in [0.1, 0.15) is 6.17 Å². The molecule has 2 aliphatic heterocycles. The van der Waals surface area contributed by atoms with E-state index in [-0.39, 0.29) is 12.1 Å².